The number of halogens is 1. The van der Waals surface area contributed by atoms with E-state index in [4.69, 9.17) is 16.3 Å². The molecular weight excluding hydrogens is 184 g/mol. The van der Waals surface area contributed by atoms with Crippen LogP contribution in [0.15, 0.2) is 0 Å². The topological polar surface area (TPSA) is 9.23 Å². The number of ether oxygens (including phenoxy) is 1. The molecule has 0 aromatic heterocycles. The minimum Gasteiger partial charge on any atom is -0.381 e. The zero-order valence-corrected chi connectivity index (χ0v) is 9.57. The van der Waals surface area contributed by atoms with Crippen LogP contribution in [0.25, 0.3) is 0 Å². The lowest BCUT2D eigenvalue weighted by Gasteiger charge is -2.28. The first-order valence-corrected chi connectivity index (χ1v) is 5.93. The minimum atomic E-state index is 0.304. The van der Waals surface area contributed by atoms with Crippen LogP contribution in [0.1, 0.15) is 39.5 Å². The predicted molar refractivity (Wildman–Crippen MR) is 57.3 cm³/mol. The van der Waals surface area contributed by atoms with Crippen LogP contribution in [0.5, 0.6) is 0 Å². The maximum atomic E-state index is 6.04. The van der Waals surface area contributed by atoms with Crippen LogP contribution >= 0.6 is 11.6 Å². The summed E-state index contributed by atoms with van der Waals surface area (Å²) in [5.74, 6) is 1.60. The summed E-state index contributed by atoms with van der Waals surface area (Å²) in [6, 6.07) is 0. The molecule has 0 aromatic carbocycles. The number of hydrogen-bond donors (Lipinski definition) is 0. The van der Waals surface area contributed by atoms with Crippen molar-refractivity contribution < 1.29 is 4.74 Å². The molecule has 1 atom stereocenters. The van der Waals surface area contributed by atoms with E-state index in [2.05, 4.69) is 13.8 Å². The molecule has 0 aromatic rings. The molecule has 1 fully saturated rings. The Morgan fingerprint density at radius 3 is 2.46 bits per heavy atom. The molecule has 1 aliphatic heterocycles. The van der Waals surface area contributed by atoms with Gasteiger partial charge in [0.25, 0.3) is 0 Å². The molecule has 1 nitrogen and oxygen atoms in total. The lowest BCUT2D eigenvalue weighted by atomic mass is 9.78. The third kappa shape index (κ3) is 2.85. The van der Waals surface area contributed by atoms with Gasteiger partial charge in [-0.15, -0.1) is 11.6 Å². The van der Waals surface area contributed by atoms with E-state index >= 15 is 0 Å². The normalized spacial score (nSPS) is 28.6. The number of hydrogen-bond acceptors (Lipinski definition) is 1. The summed E-state index contributed by atoms with van der Waals surface area (Å²) in [6.07, 6.45) is 4.96. The largest absolute Gasteiger partial charge is 0.381 e. The molecule has 0 aliphatic carbocycles. The van der Waals surface area contributed by atoms with Crippen molar-refractivity contribution in [2.45, 2.75) is 39.5 Å². The lowest BCUT2D eigenvalue weighted by Crippen LogP contribution is -2.26. The molecule has 0 N–H and O–H groups in total. The van der Waals surface area contributed by atoms with Gasteiger partial charge in [0.05, 0.1) is 6.61 Å². The van der Waals surface area contributed by atoms with Crippen molar-refractivity contribution in [3.63, 3.8) is 0 Å². The van der Waals surface area contributed by atoms with Gasteiger partial charge < -0.3 is 4.74 Å². The first-order chi connectivity index (χ1) is 6.26. The van der Waals surface area contributed by atoms with Gasteiger partial charge in [-0.1, -0.05) is 26.7 Å². The average molecular weight is 205 g/mol. The maximum absolute atomic E-state index is 6.04. The SMILES string of the molecule is CCC(CC)CC1(CCl)CCOC1. The number of rotatable bonds is 5. The molecule has 0 amide bonds. The predicted octanol–water partition coefficient (Wildman–Crippen LogP) is 3.46. The molecule has 78 valence electrons. The van der Waals surface area contributed by atoms with E-state index in [9.17, 15) is 0 Å². The molecule has 1 saturated heterocycles. The van der Waals surface area contributed by atoms with Gasteiger partial charge in [-0.2, -0.15) is 0 Å². The highest BCUT2D eigenvalue weighted by Gasteiger charge is 2.35. The first-order valence-electron chi connectivity index (χ1n) is 5.40. The fourth-order valence-electron chi connectivity index (χ4n) is 2.16. The third-order valence-corrected chi connectivity index (χ3v) is 3.91. The van der Waals surface area contributed by atoms with Crippen LogP contribution in [-0.4, -0.2) is 19.1 Å². The lowest BCUT2D eigenvalue weighted by molar-refractivity contribution is 0.143. The van der Waals surface area contributed by atoms with Crippen molar-refractivity contribution >= 4 is 11.6 Å². The summed E-state index contributed by atoms with van der Waals surface area (Å²) in [5, 5.41) is 0. The Kier molecular flexibility index (Phi) is 4.54. The van der Waals surface area contributed by atoms with E-state index in [1.54, 1.807) is 0 Å². The summed E-state index contributed by atoms with van der Waals surface area (Å²) in [6.45, 7) is 6.33. The van der Waals surface area contributed by atoms with Crippen LogP contribution in [0, 0.1) is 11.3 Å². The van der Waals surface area contributed by atoms with Crippen LogP contribution in [-0.2, 0) is 4.74 Å². The van der Waals surface area contributed by atoms with Gasteiger partial charge >= 0.3 is 0 Å². The van der Waals surface area contributed by atoms with Gasteiger partial charge in [-0.3, -0.25) is 0 Å². The van der Waals surface area contributed by atoms with Gasteiger partial charge in [0.2, 0.25) is 0 Å². The Hall–Kier alpha value is 0.250. The Balaban J connectivity index is 2.46. The van der Waals surface area contributed by atoms with Crippen LogP contribution < -0.4 is 0 Å². The average Bonchev–Trinajstić information content (AvgIpc) is 2.63. The monoisotopic (exact) mass is 204 g/mol. The maximum Gasteiger partial charge on any atom is 0.0534 e. The van der Waals surface area contributed by atoms with Crippen molar-refractivity contribution in [1.29, 1.82) is 0 Å². The fourth-order valence-corrected chi connectivity index (χ4v) is 2.48. The summed E-state index contributed by atoms with van der Waals surface area (Å²) in [5.41, 5.74) is 0.304. The van der Waals surface area contributed by atoms with E-state index in [1.165, 1.54) is 19.3 Å². The van der Waals surface area contributed by atoms with Crippen LogP contribution in [0.2, 0.25) is 0 Å². The highest BCUT2D eigenvalue weighted by molar-refractivity contribution is 6.18. The van der Waals surface area contributed by atoms with Crippen molar-refractivity contribution in [1.82, 2.24) is 0 Å². The third-order valence-electron chi connectivity index (χ3n) is 3.34. The van der Waals surface area contributed by atoms with E-state index < -0.39 is 0 Å². The van der Waals surface area contributed by atoms with E-state index in [0.29, 0.717) is 5.41 Å². The smallest absolute Gasteiger partial charge is 0.0534 e. The fraction of sp³-hybridized carbons (Fsp3) is 1.00. The van der Waals surface area contributed by atoms with Gasteiger partial charge in [0.15, 0.2) is 0 Å². The van der Waals surface area contributed by atoms with Crippen molar-refractivity contribution in [3.05, 3.63) is 0 Å². The second kappa shape index (κ2) is 5.21. The zero-order chi connectivity index (χ0) is 9.73. The molecule has 13 heavy (non-hydrogen) atoms. The van der Waals surface area contributed by atoms with Gasteiger partial charge in [-0.05, 0) is 18.8 Å². The molecule has 0 spiro atoms. The van der Waals surface area contributed by atoms with Crippen molar-refractivity contribution in [2.24, 2.45) is 11.3 Å². The zero-order valence-electron chi connectivity index (χ0n) is 8.81. The second-order valence-electron chi connectivity index (χ2n) is 4.32. The minimum absolute atomic E-state index is 0.304. The van der Waals surface area contributed by atoms with Crippen molar-refractivity contribution in [2.75, 3.05) is 19.1 Å². The summed E-state index contributed by atoms with van der Waals surface area (Å²) in [7, 11) is 0. The van der Waals surface area contributed by atoms with Crippen molar-refractivity contribution in [3.8, 4) is 0 Å². The summed E-state index contributed by atoms with van der Waals surface area (Å²) < 4.78 is 5.46. The van der Waals surface area contributed by atoms with E-state index in [-0.39, 0.29) is 0 Å². The highest BCUT2D eigenvalue weighted by Crippen LogP contribution is 2.38. The van der Waals surface area contributed by atoms with Gasteiger partial charge in [-0.25, -0.2) is 0 Å². The summed E-state index contributed by atoms with van der Waals surface area (Å²) >= 11 is 6.04. The quantitative estimate of drug-likeness (QED) is 0.624. The Morgan fingerprint density at radius 2 is 2.08 bits per heavy atom. The van der Waals surface area contributed by atoms with Crippen LogP contribution in [0.3, 0.4) is 0 Å². The van der Waals surface area contributed by atoms with Gasteiger partial charge in [0, 0.05) is 17.9 Å². The standard InChI is InChI=1S/C11H21ClO/c1-3-10(4-2)7-11(8-12)5-6-13-9-11/h10H,3-9H2,1-2H3. The molecule has 1 heterocycles. The van der Waals surface area contributed by atoms with Crippen LogP contribution in [0.4, 0.5) is 0 Å². The molecule has 1 rings (SSSR count). The van der Waals surface area contributed by atoms with Gasteiger partial charge in [0.1, 0.15) is 0 Å². The second-order valence-corrected chi connectivity index (χ2v) is 4.59. The molecule has 0 saturated carbocycles. The summed E-state index contributed by atoms with van der Waals surface area (Å²) in [4.78, 5) is 0. The molecule has 1 unspecified atom stereocenters. The molecule has 0 bridgehead atoms. The first kappa shape index (κ1) is 11.3. The van der Waals surface area contributed by atoms with E-state index in [0.717, 1.165) is 31.4 Å². The molecule has 2 heteroatoms. The van der Waals surface area contributed by atoms with E-state index in [1.807, 2.05) is 0 Å². The Morgan fingerprint density at radius 1 is 1.38 bits per heavy atom. The molecular formula is C11H21ClO. The molecule has 0 radical (unpaired) electrons. The number of alkyl halides is 1. The highest BCUT2D eigenvalue weighted by atomic mass is 35.5. The molecule has 1 aliphatic rings. The Bertz CT molecular complexity index is 137. The Labute approximate surface area is 86.8 Å².